The van der Waals surface area contributed by atoms with Crippen LogP contribution < -0.4 is 5.32 Å². The number of nitrogens with zero attached hydrogens (tertiary/aromatic N) is 1. The minimum atomic E-state index is -4.12. The summed E-state index contributed by atoms with van der Waals surface area (Å²) in [7, 11) is 0. The first kappa shape index (κ1) is 14.2. The summed E-state index contributed by atoms with van der Waals surface area (Å²) in [6.45, 7) is 1.99. The van der Waals surface area contributed by atoms with Gasteiger partial charge < -0.3 is 5.32 Å². The molecule has 1 aliphatic heterocycles. The number of hydrogen-bond acceptors (Lipinski definition) is 2. The Kier molecular flexibility index (Phi) is 4.34. The maximum absolute atomic E-state index is 12.5. The number of halogens is 3. The molecule has 19 heavy (non-hydrogen) atoms. The number of para-hydroxylation sites is 1. The van der Waals surface area contributed by atoms with Crippen LogP contribution in [0.4, 0.5) is 18.9 Å². The highest BCUT2D eigenvalue weighted by molar-refractivity contribution is 5.56. The zero-order valence-electron chi connectivity index (χ0n) is 11.0. The lowest BCUT2D eigenvalue weighted by atomic mass is 10.1. The van der Waals surface area contributed by atoms with E-state index in [2.05, 4.69) is 5.32 Å². The predicted octanol–water partition coefficient (Wildman–Crippen LogP) is 3.30. The van der Waals surface area contributed by atoms with Gasteiger partial charge in [0.1, 0.15) is 0 Å². The summed E-state index contributed by atoms with van der Waals surface area (Å²) in [6, 6.07) is 7.97. The molecule has 106 valence electrons. The van der Waals surface area contributed by atoms with E-state index in [1.165, 1.54) is 10.5 Å². The van der Waals surface area contributed by atoms with Crippen molar-refractivity contribution in [3.05, 3.63) is 29.8 Å². The van der Waals surface area contributed by atoms with Gasteiger partial charge in [-0.25, -0.2) is 0 Å². The van der Waals surface area contributed by atoms with Gasteiger partial charge in [0.25, 0.3) is 0 Å². The van der Waals surface area contributed by atoms with E-state index in [0.717, 1.165) is 18.5 Å². The topological polar surface area (TPSA) is 15.3 Å². The second-order valence-corrected chi connectivity index (χ2v) is 5.05. The molecule has 0 saturated heterocycles. The zero-order chi connectivity index (χ0) is 13.9. The second kappa shape index (κ2) is 5.82. The summed E-state index contributed by atoms with van der Waals surface area (Å²) in [5.41, 5.74) is 2.24. The number of hydrogen-bond donors (Lipinski definition) is 1. The fraction of sp³-hybridized carbons (Fsp3) is 0.571. The largest absolute Gasteiger partial charge is 0.401 e. The van der Waals surface area contributed by atoms with Crippen molar-refractivity contribution in [2.45, 2.75) is 32.0 Å². The fourth-order valence-corrected chi connectivity index (χ4v) is 2.60. The molecule has 0 saturated carbocycles. The summed E-state index contributed by atoms with van der Waals surface area (Å²) in [6.07, 6.45) is -2.59. The van der Waals surface area contributed by atoms with Crippen LogP contribution >= 0.6 is 0 Å². The molecular weight excluding hydrogens is 253 g/mol. The minimum absolute atomic E-state index is 0.0753. The van der Waals surface area contributed by atoms with Gasteiger partial charge in [0.15, 0.2) is 0 Å². The molecule has 1 unspecified atom stereocenters. The average molecular weight is 272 g/mol. The van der Waals surface area contributed by atoms with E-state index in [0.29, 0.717) is 13.1 Å². The van der Waals surface area contributed by atoms with Crippen LogP contribution in [0.1, 0.15) is 18.9 Å². The molecule has 2 rings (SSSR count). The molecule has 1 atom stereocenters. The molecule has 0 bridgehead atoms. The van der Waals surface area contributed by atoms with Gasteiger partial charge in [0, 0.05) is 18.3 Å². The SMILES string of the molecule is CCCN(CC1Cc2ccccc2N1)CC(F)(F)F. The normalized spacial score (nSPS) is 18.5. The summed E-state index contributed by atoms with van der Waals surface area (Å²) in [5.74, 6) is 0. The van der Waals surface area contributed by atoms with Crippen LogP contribution in [0.3, 0.4) is 0 Å². The van der Waals surface area contributed by atoms with Crippen LogP contribution in [-0.2, 0) is 6.42 Å². The van der Waals surface area contributed by atoms with Gasteiger partial charge in [-0.15, -0.1) is 0 Å². The Morgan fingerprint density at radius 2 is 2.05 bits per heavy atom. The van der Waals surface area contributed by atoms with Crippen molar-refractivity contribution in [3.63, 3.8) is 0 Å². The first-order chi connectivity index (χ1) is 8.98. The van der Waals surface area contributed by atoms with Crippen molar-refractivity contribution in [2.75, 3.05) is 25.0 Å². The molecule has 1 aromatic carbocycles. The number of nitrogens with one attached hydrogen (secondary N) is 1. The maximum atomic E-state index is 12.5. The van der Waals surface area contributed by atoms with Crippen LogP contribution in [-0.4, -0.2) is 36.8 Å². The number of benzene rings is 1. The molecule has 1 heterocycles. The molecule has 1 aromatic rings. The Bertz CT molecular complexity index is 392. The van der Waals surface area contributed by atoms with Gasteiger partial charge in [0.05, 0.1) is 6.54 Å². The molecule has 0 spiro atoms. The standard InChI is InChI=1S/C14H19F3N2/c1-2-7-19(10-14(15,16)17)9-12-8-11-5-3-4-6-13(11)18-12/h3-6,12,18H,2,7-10H2,1H3. The summed E-state index contributed by atoms with van der Waals surface area (Å²) >= 11 is 0. The van der Waals surface area contributed by atoms with Gasteiger partial charge in [-0.05, 0) is 31.0 Å². The van der Waals surface area contributed by atoms with E-state index < -0.39 is 12.7 Å². The van der Waals surface area contributed by atoms with Crippen molar-refractivity contribution in [1.82, 2.24) is 4.90 Å². The lowest BCUT2D eigenvalue weighted by molar-refractivity contribution is -0.146. The van der Waals surface area contributed by atoms with Crippen molar-refractivity contribution >= 4 is 5.69 Å². The van der Waals surface area contributed by atoms with Crippen LogP contribution in [0.5, 0.6) is 0 Å². The van der Waals surface area contributed by atoms with E-state index in [-0.39, 0.29) is 6.04 Å². The Morgan fingerprint density at radius 1 is 1.32 bits per heavy atom. The molecule has 5 heteroatoms. The number of anilines is 1. The van der Waals surface area contributed by atoms with Gasteiger partial charge in [-0.3, -0.25) is 4.90 Å². The first-order valence-corrected chi connectivity index (χ1v) is 6.61. The van der Waals surface area contributed by atoms with Crippen LogP contribution in [0.2, 0.25) is 0 Å². The highest BCUT2D eigenvalue weighted by Gasteiger charge is 2.32. The molecule has 0 radical (unpaired) electrons. The van der Waals surface area contributed by atoms with Gasteiger partial charge in [-0.2, -0.15) is 13.2 Å². The Labute approximate surface area is 111 Å². The quantitative estimate of drug-likeness (QED) is 0.884. The van der Waals surface area contributed by atoms with Crippen LogP contribution in [0.25, 0.3) is 0 Å². The highest BCUT2D eigenvalue weighted by Crippen LogP contribution is 2.26. The van der Waals surface area contributed by atoms with Gasteiger partial charge in [0.2, 0.25) is 0 Å². The van der Waals surface area contributed by atoms with E-state index in [1.54, 1.807) is 0 Å². The second-order valence-electron chi connectivity index (χ2n) is 5.05. The van der Waals surface area contributed by atoms with Crippen molar-refractivity contribution in [3.8, 4) is 0 Å². The number of alkyl halides is 3. The predicted molar refractivity (Wildman–Crippen MR) is 70.3 cm³/mol. The third-order valence-corrected chi connectivity index (χ3v) is 3.26. The van der Waals surface area contributed by atoms with Gasteiger partial charge in [-0.1, -0.05) is 25.1 Å². The van der Waals surface area contributed by atoms with Gasteiger partial charge >= 0.3 is 6.18 Å². The lowest BCUT2D eigenvalue weighted by Crippen LogP contribution is -2.41. The molecule has 0 aromatic heterocycles. The minimum Gasteiger partial charge on any atom is -0.380 e. The van der Waals surface area contributed by atoms with E-state index in [4.69, 9.17) is 0 Å². The molecule has 0 amide bonds. The maximum Gasteiger partial charge on any atom is 0.401 e. The molecule has 0 fully saturated rings. The van der Waals surface area contributed by atoms with Crippen molar-refractivity contribution in [2.24, 2.45) is 0 Å². The fourth-order valence-electron chi connectivity index (χ4n) is 2.60. The van der Waals surface area contributed by atoms with Crippen LogP contribution in [0, 0.1) is 0 Å². The van der Waals surface area contributed by atoms with Crippen LogP contribution in [0.15, 0.2) is 24.3 Å². The number of rotatable bonds is 5. The van der Waals surface area contributed by atoms with Crippen molar-refractivity contribution in [1.29, 1.82) is 0 Å². The molecule has 2 nitrogen and oxygen atoms in total. The first-order valence-electron chi connectivity index (χ1n) is 6.61. The Balaban J connectivity index is 1.93. The molecule has 0 aliphatic carbocycles. The lowest BCUT2D eigenvalue weighted by Gasteiger charge is -2.26. The summed E-state index contributed by atoms with van der Waals surface area (Å²) in [5, 5.41) is 3.30. The van der Waals surface area contributed by atoms with Crippen molar-refractivity contribution < 1.29 is 13.2 Å². The monoisotopic (exact) mass is 272 g/mol. The average Bonchev–Trinajstić information content (AvgIpc) is 2.69. The number of fused-ring (bicyclic) bond motifs is 1. The van der Waals surface area contributed by atoms with E-state index >= 15 is 0 Å². The highest BCUT2D eigenvalue weighted by atomic mass is 19.4. The van der Waals surface area contributed by atoms with E-state index in [9.17, 15) is 13.2 Å². The Hall–Kier alpha value is -1.23. The summed E-state index contributed by atoms with van der Waals surface area (Å²) < 4.78 is 37.5. The third kappa shape index (κ3) is 4.13. The summed E-state index contributed by atoms with van der Waals surface area (Å²) in [4.78, 5) is 1.49. The molecular formula is C14H19F3N2. The molecule has 1 N–H and O–H groups in total. The zero-order valence-corrected chi connectivity index (χ0v) is 11.0. The molecule has 1 aliphatic rings. The van der Waals surface area contributed by atoms with E-state index in [1.807, 2.05) is 31.2 Å². The smallest absolute Gasteiger partial charge is 0.380 e. The Morgan fingerprint density at radius 3 is 2.68 bits per heavy atom. The third-order valence-electron chi connectivity index (χ3n) is 3.26.